The fraction of sp³-hybridized carbons (Fsp3) is 0.312. The molecule has 2 nitrogen and oxygen atoms in total. The first-order chi connectivity index (χ1) is 9.65. The summed E-state index contributed by atoms with van der Waals surface area (Å²) in [6.45, 7) is 2.09. The molecule has 1 fully saturated rings. The maximum Gasteiger partial charge on any atom is 0.224 e. The SMILES string of the molecule is C[C@@H]1C[C@@H]1C(=O)N[C@H](c1ccc(F)cc1)c1cccs1. The molecule has 2 aromatic rings. The van der Waals surface area contributed by atoms with Gasteiger partial charge in [-0.25, -0.2) is 4.39 Å². The highest BCUT2D eigenvalue weighted by atomic mass is 32.1. The largest absolute Gasteiger partial charge is 0.344 e. The van der Waals surface area contributed by atoms with Gasteiger partial charge in [0.1, 0.15) is 5.82 Å². The molecular weight excluding hydrogens is 273 g/mol. The average Bonchev–Trinajstić information content (AvgIpc) is 2.95. The third-order valence-electron chi connectivity index (χ3n) is 3.76. The van der Waals surface area contributed by atoms with Crippen LogP contribution in [-0.4, -0.2) is 5.91 Å². The van der Waals surface area contributed by atoms with Gasteiger partial charge < -0.3 is 5.32 Å². The zero-order valence-corrected chi connectivity index (χ0v) is 12.0. The summed E-state index contributed by atoms with van der Waals surface area (Å²) in [6, 6.07) is 10.1. The monoisotopic (exact) mass is 289 g/mol. The van der Waals surface area contributed by atoms with Crippen molar-refractivity contribution in [2.24, 2.45) is 11.8 Å². The van der Waals surface area contributed by atoms with Gasteiger partial charge in [-0.15, -0.1) is 11.3 Å². The molecule has 4 heteroatoms. The molecule has 0 radical (unpaired) electrons. The Bertz CT molecular complexity index is 593. The van der Waals surface area contributed by atoms with Gasteiger partial charge >= 0.3 is 0 Å². The van der Waals surface area contributed by atoms with Gasteiger partial charge in [-0.2, -0.15) is 0 Å². The molecule has 1 N–H and O–H groups in total. The molecule has 0 spiro atoms. The molecule has 1 aliphatic rings. The second-order valence-corrected chi connectivity index (χ2v) is 6.31. The number of hydrogen-bond donors (Lipinski definition) is 1. The first-order valence-corrected chi connectivity index (χ1v) is 7.62. The highest BCUT2D eigenvalue weighted by Crippen LogP contribution is 2.38. The lowest BCUT2D eigenvalue weighted by molar-refractivity contribution is -0.123. The van der Waals surface area contributed by atoms with Crippen LogP contribution in [0.25, 0.3) is 0 Å². The molecule has 3 atom stereocenters. The minimum atomic E-state index is -0.263. The van der Waals surface area contributed by atoms with Gasteiger partial charge in [-0.1, -0.05) is 25.1 Å². The summed E-state index contributed by atoms with van der Waals surface area (Å²) in [5, 5.41) is 5.08. The Morgan fingerprint density at radius 1 is 1.35 bits per heavy atom. The van der Waals surface area contributed by atoms with Crippen molar-refractivity contribution >= 4 is 17.2 Å². The minimum Gasteiger partial charge on any atom is -0.344 e. The fourth-order valence-electron chi connectivity index (χ4n) is 2.37. The van der Waals surface area contributed by atoms with E-state index in [1.54, 1.807) is 23.5 Å². The third-order valence-corrected chi connectivity index (χ3v) is 4.70. The molecule has 1 aliphatic carbocycles. The van der Waals surface area contributed by atoms with E-state index in [1.807, 2.05) is 17.5 Å². The average molecular weight is 289 g/mol. The van der Waals surface area contributed by atoms with E-state index in [1.165, 1.54) is 12.1 Å². The smallest absolute Gasteiger partial charge is 0.224 e. The van der Waals surface area contributed by atoms with Crippen LogP contribution in [0.5, 0.6) is 0 Å². The summed E-state index contributed by atoms with van der Waals surface area (Å²) in [4.78, 5) is 13.2. The number of nitrogens with one attached hydrogen (secondary N) is 1. The van der Waals surface area contributed by atoms with E-state index in [2.05, 4.69) is 12.2 Å². The van der Waals surface area contributed by atoms with Crippen LogP contribution >= 0.6 is 11.3 Å². The molecule has 0 saturated heterocycles. The summed E-state index contributed by atoms with van der Waals surface area (Å²) in [5.74, 6) is 0.450. The van der Waals surface area contributed by atoms with Gasteiger partial charge in [0.15, 0.2) is 0 Å². The van der Waals surface area contributed by atoms with Crippen molar-refractivity contribution in [3.63, 3.8) is 0 Å². The molecule has 1 heterocycles. The third kappa shape index (κ3) is 2.75. The van der Waals surface area contributed by atoms with Gasteiger partial charge in [0.25, 0.3) is 0 Å². The lowest BCUT2D eigenvalue weighted by atomic mass is 10.0. The maximum absolute atomic E-state index is 13.1. The van der Waals surface area contributed by atoms with E-state index in [-0.39, 0.29) is 23.7 Å². The Labute approximate surface area is 121 Å². The first-order valence-electron chi connectivity index (χ1n) is 6.74. The van der Waals surface area contributed by atoms with Crippen molar-refractivity contribution in [3.8, 4) is 0 Å². The molecule has 1 aromatic heterocycles. The van der Waals surface area contributed by atoms with Crippen LogP contribution in [0.3, 0.4) is 0 Å². The Hall–Kier alpha value is -1.68. The van der Waals surface area contributed by atoms with Crippen molar-refractivity contribution in [1.82, 2.24) is 5.32 Å². The summed E-state index contributed by atoms with van der Waals surface area (Å²) < 4.78 is 13.1. The predicted octanol–water partition coefficient (Wildman–Crippen LogP) is 3.75. The zero-order valence-electron chi connectivity index (χ0n) is 11.2. The predicted molar refractivity (Wildman–Crippen MR) is 78.0 cm³/mol. The van der Waals surface area contributed by atoms with Gasteiger partial charge in [-0.3, -0.25) is 4.79 Å². The van der Waals surface area contributed by atoms with Gasteiger partial charge in [-0.05, 0) is 41.5 Å². The second-order valence-electron chi connectivity index (χ2n) is 5.33. The van der Waals surface area contributed by atoms with Crippen molar-refractivity contribution in [1.29, 1.82) is 0 Å². The van der Waals surface area contributed by atoms with E-state index >= 15 is 0 Å². The molecular formula is C16H16FNOS. The molecule has 0 unspecified atom stereocenters. The van der Waals surface area contributed by atoms with Gasteiger partial charge in [0, 0.05) is 10.8 Å². The molecule has 1 amide bonds. The topological polar surface area (TPSA) is 29.1 Å². The number of benzene rings is 1. The number of carbonyl (C=O) groups excluding carboxylic acids is 1. The number of carbonyl (C=O) groups is 1. The van der Waals surface area contributed by atoms with E-state index in [0.29, 0.717) is 5.92 Å². The summed E-state index contributed by atoms with van der Waals surface area (Å²) >= 11 is 1.60. The number of rotatable bonds is 4. The fourth-order valence-corrected chi connectivity index (χ4v) is 3.17. The van der Waals surface area contributed by atoms with Gasteiger partial charge in [0.05, 0.1) is 6.04 Å². The van der Waals surface area contributed by atoms with E-state index in [4.69, 9.17) is 0 Å². The van der Waals surface area contributed by atoms with Crippen LogP contribution in [0.2, 0.25) is 0 Å². The Balaban J connectivity index is 1.84. The van der Waals surface area contributed by atoms with Crippen molar-refractivity contribution in [2.45, 2.75) is 19.4 Å². The number of hydrogen-bond acceptors (Lipinski definition) is 2. The molecule has 1 aromatic carbocycles. The highest BCUT2D eigenvalue weighted by molar-refractivity contribution is 7.10. The van der Waals surface area contributed by atoms with Crippen molar-refractivity contribution < 1.29 is 9.18 Å². The van der Waals surface area contributed by atoms with Gasteiger partial charge in [0.2, 0.25) is 5.91 Å². The zero-order chi connectivity index (χ0) is 14.1. The normalized spacial score (nSPS) is 22.3. The number of amides is 1. The highest BCUT2D eigenvalue weighted by Gasteiger charge is 2.40. The minimum absolute atomic E-state index is 0.0974. The van der Waals surface area contributed by atoms with E-state index in [9.17, 15) is 9.18 Å². The van der Waals surface area contributed by atoms with Crippen LogP contribution in [0.15, 0.2) is 41.8 Å². The lowest BCUT2D eigenvalue weighted by Gasteiger charge is -2.18. The molecule has 0 bridgehead atoms. The molecule has 20 heavy (non-hydrogen) atoms. The number of halogens is 1. The van der Waals surface area contributed by atoms with Crippen molar-refractivity contribution in [3.05, 3.63) is 58.0 Å². The van der Waals surface area contributed by atoms with Crippen LogP contribution in [0, 0.1) is 17.7 Å². The lowest BCUT2D eigenvalue weighted by Crippen LogP contribution is -2.30. The molecule has 0 aliphatic heterocycles. The van der Waals surface area contributed by atoms with Crippen molar-refractivity contribution in [2.75, 3.05) is 0 Å². The molecule has 1 saturated carbocycles. The first kappa shape index (κ1) is 13.3. The Morgan fingerprint density at radius 3 is 2.60 bits per heavy atom. The summed E-state index contributed by atoms with van der Waals surface area (Å²) in [6.07, 6.45) is 0.965. The summed E-state index contributed by atoms with van der Waals surface area (Å²) in [7, 11) is 0. The molecule has 3 rings (SSSR count). The molecule has 104 valence electrons. The van der Waals surface area contributed by atoms with E-state index < -0.39 is 0 Å². The van der Waals surface area contributed by atoms with Crippen LogP contribution in [0.4, 0.5) is 4.39 Å². The Kier molecular flexibility index (Phi) is 3.57. The summed E-state index contributed by atoms with van der Waals surface area (Å²) in [5.41, 5.74) is 0.913. The number of thiophene rings is 1. The maximum atomic E-state index is 13.1. The van der Waals surface area contributed by atoms with Crippen LogP contribution < -0.4 is 5.32 Å². The Morgan fingerprint density at radius 2 is 2.05 bits per heavy atom. The second kappa shape index (κ2) is 5.37. The quantitative estimate of drug-likeness (QED) is 0.912. The van der Waals surface area contributed by atoms with E-state index in [0.717, 1.165) is 16.9 Å². The standard InChI is InChI=1S/C16H16FNOS/c1-10-9-13(10)16(19)18-15(14-3-2-8-20-14)11-4-6-12(17)7-5-11/h2-8,10,13,15H,9H2,1H3,(H,18,19)/t10-,13+,15-/m1/s1. The van der Waals surface area contributed by atoms with Crippen LogP contribution in [0.1, 0.15) is 29.8 Å². The van der Waals surface area contributed by atoms with Crippen LogP contribution in [-0.2, 0) is 4.79 Å².